The molecule has 0 saturated heterocycles. The van der Waals surface area contributed by atoms with E-state index in [1.807, 2.05) is 0 Å². The van der Waals surface area contributed by atoms with Gasteiger partial charge in [-0.2, -0.15) is 0 Å². The van der Waals surface area contributed by atoms with E-state index in [1.54, 1.807) is 0 Å². The van der Waals surface area contributed by atoms with Gasteiger partial charge in [-0.25, -0.2) is 0 Å². The van der Waals surface area contributed by atoms with Crippen molar-refractivity contribution in [3.05, 3.63) is 0 Å². The Morgan fingerprint density at radius 2 is 0.500 bits per heavy atom. The summed E-state index contributed by atoms with van der Waals surface area (Å²) in [7, 11) is 0. The van der Waals surface area contributed by atoms with Gasteiger partial charge >= 0.3 is 11.0 Å². The number of hydrogen-bond acceptors (Lipinski definition) is 3. The van der Waals surface area contributed by atoms with Gasteiger partial charge in [0.1, 0.15) is 0 Å². The Labute approximate surface area is 28.6 Å². The molecule has 3 N–H and O–H groups in total. The van der Waals surface area contributed by atoms with Crippen LogP contribution >= 0.6 is 0 Å². The van der Waals surface area contributed by atoms with Crippen LogP contribution in [0.4, 0.5) is 0 Å². The van der Waals surface area contributed by atoms with Crippen molar-refractivity contribution in [1.29, 1.82) is 0 Å². The van der Waals surface area contributed by atoms with Crippen LogP contribution in [0.1, 0.15) is 0 Å². The average molecular weight is 79.1 g/mol. The number of rotatable bonds is 0. The summed E-state index contributed by atoms with van der Waals surface area (Å²) in [5.41, 5.74) is 0. The molecule has 0 aromatic carbocycles. The molecule has 0 spiro atoms. The Hall–Kier alpha value is 0.0969. The summed E-state index contributed by atoms with van der Waals surface area (Å²) in [5, 5.41) is 0. The summed E-state index contributed by atoms with van der Waals surface area (Å²) < 4.78 is 0. The predicted molar refractivity (Wildman–Crippen MR) is 11.6 cm³/mol. The minimum atomic E-state index is 0. The van der Waals surface area contributed by atoms with Crippen LogP contribution in [0.2, 0.25) is 0 Å². The maximum absolute atomic E-state index is 0. The second-order valence-corrected chi connectivity index (χ2v) is 0. The third kappa shape index (κ3) is 269. The monoisotopic (exact) mass is 79.0 g/mol. The average Bonchev–Trinajstić information content (AvgIpc) is 0. The van der Waals surface area contributed by atoms with Crippen LogP contribution < -0.4 is 0 Å². The van der Waals surface area contributed by atoms with Crippen molar-refractivity contribution in [2.45, 2.75) is 0 Å². The Balaban J connectivity index is 0. The molecule has 0 atom stereocenters. The molecule has 0 aliphatic rings. The zero-order chi connectivity index (χ0) is 0. The van der Waals surface area contributed by atoms with Gasteiger partial charge in [0.05, 0.1) is 0 Å². The smallest absolute Gasteiger partial charge is 0.870 e. The summed E-state index contributed by atoms with van der Waals surface area (Å²) >= 11 is 0. The molecule has 0 aromatic heterocycles. The van der Waals surface area contributed by atoms with Gasteiger partial charge in [-0.3, -0.25) is 0 Å². The van der Waals surface area contributed by atoms with E-state index in [0.29, 0.717) is 0 Å². The second-order valence-electron chi connectivity index (χ2n) is 0. The molecule has 0 bridgehead atoms. The number of hydrogen-bond donors (Lipinski definition) is 0. The second kappa shape index (κ2) is 1450. The quantitative estimate of drug-likeness (QED) is 0.352. The van der Waals surface area contributed by atoms with Crippen molar-refractivity contribution >= 4 is 11.0 Å². The molecule has 0 amide bonds. The van der Waals surface area contributed by atoms with E-state index in [0.717, 1.165) is 0 Å². The van der Waals surface area contributed by atoms with Crippen LogP contribution in [-0.2, 0) is 0 Å². The molecule has 0 saturated carbocycles. The summed E-state index contributed by atoms with van der Waals surface area (Å²) in [6.07, 6.45) is 0. The molecule has 4 heavy (non-hydrogen) atoms. The standard InChI is InChI=1S/3H2O.Si/h3*1H2;/q;;;+3/p-3. The molecule has 0 heterocycles. The molecule has 0 fully saturated rings. The molecular weight excluding hydrogens is 76.1 g/mol. The molecule has 0 unspecified atom stereocenters. The first kappa shape index (κ1) is 4190. The molecule has 1 radical (unpaired) electrons. The van der Waals surface area contributed by atoms with E-state index in [-0.39, 0.29) is 27.4 Å². The van der Waals surface area contributed by atoms with Gasteiger partial charge in [-0.05, 0) is 0 Å². The van der Waals surface area contributed by atoms with Gasteiger partial charge in [-0.15, -0.1) is 0 Å². The SMILES string of the molecule is [OH-].[OH-].[OH-].[Si+3]. The van der Waals surface area contributed by atoms with Gasteiger partial charge in [0.25, 0.3) is 0 Å². The van der Waals surface area contributed by atoms with Gasteiger partial charge in [0.15, 0.2) is 0 Å². The fraction of sp³-hybridized carbons (Fsp3) is 0. The van der Waals surface area contributed by atoms with Crippen molar-refractivity contribution in [3.63, 3.8) is 0 Å². The summed E-state index contributed by atoms with van der Waals surface area (Å²) in [4.78, 5) is 0. The Morgan fingerprint density at radius 1 is 0.500 bits per heavy atom. The van der Waals surface area contributed by atoms with Crippen molar-refractivity contribution < 1.29 is 16.4 Å². The van der Waals surface area contributed by atoms with Crippen LogP contribution in [0, 0.1) is 0 Å². The molecule has 3 nitrogen and oxygen atoms in total. The fourth-order valence-electron chi connectivity index (χ4n) is 0. The first-order valence-electron chi connectivity index (χ1n) is 0. The van der Waals surface area contributed by atoms with E-state index in [2.05, 4.69) is 0 Å². The van der Waals surface area contributed by atoms with Crippen molar-refractivity contribution in [1.82, 2.24) is 0 Å². The Morgan fingerprint density at radius 3 is 0.500 bits per heavy atom. The summed E-state index contributed by atoms with van der Waals surface area (Å²) in [6, 6.07) is 0. The zero-order valence-electron chi connectivity index (χ0n) is 1.84. The van der Waals surface area contributed by atoms with Gasteiger partial charge < -0.3 is 16.4 Å². The van der Waals surface area contributed by atoms with Crippen molar-refractivity contribution in [2.75, 3.05) is 0 Å². The first-order valence-corrected chi connectivity index (χ1v) is 0. The maximum atomic E-state index is 0. The van der Waals surface area contributed by atoms with Crippen molar-refractivity contribution in [2.24, 2.45) is 0 Å². The molecule has 0 aliphatic heterocycles. The van der Waals surface area contributed by atoms with Crippen molar-refractivity contribution in [3.8, 4) is 0 Å². The molecule has 0 aromatic rings. The normalized spacial score (nSPS) is 0. The van der Waals surface area contributed by atoms with E-state index in [9.17, 15) is 0 Å². The van der Waals surface area contributed by atoms with E-state index < -0.39 is 0 Å². The summed E-state index contributed by atoms with van der Waals surface area (Å²) in [6.45, 7) is 0. The van der Waals surface area contributed by atoms with E-state index >= 15 is 0 Å². The molecule has 25 valence electrons. The van der Waals surface area contributed by atoms with Crippen LogP contribution in [0.5, 0.6) is 0 Å². The summed E-state index contributed by atoms with van der Waals surface area (Å²) in [5.74, 6) is 0. The van der Waals surface area contributed by atoms with E-state index in [1.165, 1.54) is 0 Å². The third-order valence-electron chi connectivity index (χ3n) is 0. The molecular formula is H3O3Si. The molecule has 0 aliphatic carbocycles. The topological polar surface area (TPSA) is 90.0 Å². The van der Waals surface area contributed by atoms with E-state index in [4.69, 9.17) is 0 Å². The van der Waals surface area contributed by atoms with Gasteiger partial charge in [0, 0.05) is 0 Å². The molecule has 4 heteroatoms. The Bertz CT molecular complexity index is 3.25. The van der Waals surface area contributed by atoms with Gasteiger partial charge in [0.2, 0.25) is 0 Å². The maximum Gasteiger partial charge on any atom is 3.00 e. The third-order valence-corrected chi connectivity index (χ3v) is 0. The van der Waals surface area contributed by atoms with Crippen LogP contribution in [0.15, 0.2) is 0 Å². The minimum absolute atomic E-state index is 0. The van der Waals surface area contributed by atoms with Crippen LogP contribution in [0.3, 0.4) is 0 Å². The van der Waals surface area contributed by atoms with Gasteiger partial charge in [-0.1, -0.05) is 0 Å². The largest absolute Gasteiger partial charge is 3.00 e. The zero-order valence-corrected chi connectivity index (χ0v) is 2.84. The molecule has 0 rings (SSSR count). The fourth-order valence-corrected chi connectivity index (χ4v) is 0. The predicted octanol–water partition coefficient (Wildman–Crippen LogP) is -0.911. The first-order chi connectivity index (χ1) is 0. The van der Waals surface area contributed by atoms with Crippen LogP contribution in [0.25, 0.3) is 0 Å². The van der Waals surface area contributed by atoms with Crippen LogP contribution in [-0.4, -0.2) is 27.4 Å². The Kier molecular flexibility index (Phi) is 1520000. The minimum Gasteiger partial charge on any atom is -0.870 e.